The van der Waals surface area contributed by atoms with Crippen molar-refractivity contribution in [3.05, 3.63) is 24.0 Å². The topological polar surface area (TPSA) is 71.2 Å². The third kappa shape index (κ3) is 4.71. The smallest absolute Gasteiger partial charge is 0.272 e. The minimum Gasteiger partial charge on any atom is -0.385 e. The van der Waals surface area contributed by atoms with Gasteiger partial charge in [0.15, 0.2) is 0 Å². The lowest BCUT2D eigenvalue weighted by Gasteiger charge is -2.11. The maximum Gasteiger partial charge on any atom is 0.272 e. The van der Waals surface area contributed by atoms with Crippen LogP contribution in [0.2, 0.25) is 0 Å². The highest BCUT2D eigenvalue weighted by atomic mass is 16.2. The van der Waals surface area contributed by atoms with Crippen LogP contribution in [0.3, 0.4) is 0 Å². The van der Waals surface area contributed by atoms with Gasteiger partial charge in [-0.1, -0.05) is 6.42 Å². The second-order valence-electron chi connectivity index (χ2n) is 4.41. The molecule has 0 aliphatic rings. The summed E-state index contributed by atoms with van der Waals surface area (Å²) in [6.45, 7) is 1.64. The summed E-state index contributed by atoms with van der Waals surface area (Å²) in [4.78, 5) is 17.3. The summed E-state index contributed by atoms with van der Waals surface area (Å²) < 4.78 is 0. The lowest BCUT2D eigenvalue weighted by Crippen LogP contribution is -2.22. The molecule has 5 nitrogen and oxygen atoms in total. The third-order valence-corrected chi connectivity index (χ3v) is 2.60. The Morgan fingerprint density at radius 3 is 2.83 bits per heavy atom. The van der Waals surface area contributed by atoms with E-state index in [0.29, 0.717) is 5.69 Å². The molecule has 0 fully saturated rings. The predicted octanol–water partition coefficient (Wildman–Crippen LogP) is 1.32. The van der Waals surface area contributed by atoms with Gasteiger partial charge < -0.3 is 16.0 Å². The van der Waals surface area contributed by atoms with E-state index in [4.69, 9.17) is 5.73 Å². The monoisotopic (exact) mass is 250 g/mol. The molecule has 0 aliphatic heterocycles. The van der Waals surface area contributed by atoms with Gasteiger partial charge in [-0.15, -0.1) is 0 Å². The van der Waals surface area contributed by atoms with E-state index in [0.717, 1.165) is 38.0 Å². The highest BCUT2D eigenvalue weighted by molar-refractivity contribution is 5.92. The summed E-state index contributed by atoms with van der Waals surface area (Å²) in [5.74, 6) is -0.0817. The number of pyridine rings is 1. The fraction of sp³-hybridized carbons (Fsp3) is 0.538. The van der Waals surface area contributed by atoms with Crippen LogP contribution >= 0.6 is 0 Å². The molecule has 1 amide bonds. The Kier molecular flexibility index (Phi) is 6.14. The van der Waals surface area contributed by atoms with Crippen molar-refractivity contribution in [2.24, 2.45) is 5.73 Å². The lowest BCUT2D eigenvalue weighted by molar-refractivity contribution is 0.0822. The first-order valence-electron chi connectivity index (χ1n) is 6.27. The Labute approximate surface area is 108 Å². The highest BCUT2D eigenvalue weighted by Crippen LogP contribution is 2.09. The number of unbranched alkanes of at least 4 members (excludes halogenated alkanes) is 2. The van der Waals surface area contributed by atoms with Gasteiger partial charge in [0.25, 0.3) is 5.91 Å². The number of hydrogen-bond donors (Lipinski definition) is 2. The SMILES string of the molecule is CN(C)C(=O)c1cc(NCCCCCN)ccn1. The van der Waals surface area contributed by atoms with Gasteiger partial charge in [0.2, 0.25) is 0 Å². The standard InChI is InChI=1S/C13H22N4O/c1-17(2)13(18)12-10-11(6-9-16-12)15-8-5-3-4-7-14/h6,9-10H,3-5,7-8,14H2,1-2H3,(H,15,16). The number of nitrogens with one attached hydrogen (secondary N) is 1. The molecule has 0 saturated heterocycles. The summed E-state index contributed by atoms with van der Waals surface area (Å²) in [7, 11) is 3.44. The van der Waals surface area contributed by atoms with Crippen molar-refractivity contribution in [2.75, 3.05) is 32.5 Å². The van der Waals surface area contributed by atoms with Gasteiger partial charge in [-0.3, -0.25) is 9.78 Å². The number of aromatic nitrogens is 1. The van der Waals surface area contributed by atoms with E-state index >= 15 is 0 Å². The quantitative estimate of drug-likeness (QED) is 0.716. The molecule has 0 unspecified atom stereocenters. The fourth-order valence-corrected chi connectivity index (χ4v) is 1.57. The van der Waals surface area contributed by atoms with Gasteiger partial charge >= 0.3 is 0 Å². The number of nitrogens with two attached hydrogens (primary N) is 1. The molecule has 0 atom stereocenters. The van der Waals surface area contributed by atoms with Crippen molar-refractivity contribution in [1.82, 2.24) is 9.88 Å². The van der Waals surface area contributed by atoms with E-state index in [1.165, 1.54) is 4.90 Å². The average molecular weight is 250 g/mol. The molecule has 5 heteroatoms. The van der Waals surface area contributed by atoms with Crippen LogP contribution in [-0.4, -0.2) is 43.0 Å². The zero-order valence-electron chi connectivity index (χ0n) is 11.1. The van der Waals surface area contributed by atoms with Crippen LogP contribution in [0.15, 0.2) is 18.3 Å². The second kappa shape index (κ2) is 7.66. The molecule has 3 N–H and O–H groups in total. The summed E-state index contributed by atoms with van der Waals surface area (Å²) in [5.41, 5.74) is 6.83. The Balaban J connectivity index is 2.47. The molecule has 1 aromatic rings. The Bertz CT molecular complexity index is 379. The molecule has 18 heavy (non-hydrogen) atoms. The van der Waals surface area contributed by atoms with Crippen molar-refractivity contribution >= 4 is 11.6 Å². The number of rotatable bonds is 7. The van der Waals surface area contributed by atoms with E-state index < -0.39 is 0 Å². The number of carbonyl (C=O) groups is 1. The summed E-state index contributed by atoms with van der Waals surface area (Å²) in [5, 5.41) is 3.29. The molecule has 0 aromatic carbocycles. The second-order valence-corrected chi connectivity index (χ2v) is 4.41. The Hall–Kier alpha value is -1.62. The van der Waals surface area contributed by atoms with Crippen LogP contribution in [0.25, 0.3) is 0 Å². The first-order chi connectivity index (χ1) is 8.65. The van der Waals surface area contributed by atoms with Crippen molar-refractivity contribution in [3.63, 3.8) is 0 Å². The van der Waals surface area contributed by atoms with Crippen LogP contribution in [0.1, 0.15) is 29.8 Å². The van der Waals surface area contributed by atoms with Crippen molar-refractivity contribution in [1.29, 1.82) is 0 Å². The largest absolute Gasteiger partial charge is 0.385 e. The molecule has 1 rings (SSSR count). The van der Waals surface area contributed by atoms with E-state index in [1.807, 2.05) is 6.07 Å². The third-order valence-electron chi connectivity index (χ3n) is 2.60. The van der Waals surface area contributed by atoms with Gasteiger partial charge in [-0.25, -0.2) is 0 Å². The molecule has 0 bridgehead atoms. The maximum absolute atomic E-state index is 11.7. The molecule has 1 heterocycles. The molecule has 100 valence electrons. The molecule has 0 saturated carbocycles. The number of anilines is 1. The average Bonchev–Trinajstić information content (AvgIpc) is 2.38. The lowest BCUT2D eigenvalue weighted by atomic mass is 10.2. The van der Waals surface area contributed by atoms with Gasteiger partial charge in [-0.05, 0) is 31.5 Å². The normalized spacial score (nSPS) is 10.2. The molecule has 0 spiro atoms. The Morgan fingerprint density at radius 2 is 2.17 bits per heavy atom. The first kappa shape index (κ1) is 14.4. The number of nitrogens with zero attached hydrogens (tertiary/aromatic N) is 2. The zero-order valence-corrected chi connectivity index (χ0v) is 11.1. The fourth-order valence-electron chi connectivity index (χ4n) is 1.57. The Morgan fingerprint density at radius 1 is 1.39 bits per heavy atom. The molecular formula is C13H22N4O. The van der Waals surface area contributed by atoms with Gasteiger partial charge in [-0.2, -0.15) is 0 Å². The van der Waals surface area contributed by atoms with Crippen molar-refractivity contribution < 1.29 is 4.79 Å². The van der Waals surface area contributed by atoms with Crippen molar-refractivity contribution in [3.8, 4) is 0 Å². The maximum atomic E-state index is 11.7. The van der Waals surface area contributed by atoms with Crippen LogP contribution in [0.5, 0.6) is 0 Å². The number of hydrogen-bond acceptors (Lipinski definition) is 4. The molecule has 1 aromatic heterocycles. The zero-order chi connectivity index (χ0) is 13.4. The van der Waals surface area contributed by atoms with Crippen molar-refractivity contribution in [2.45, 2.75) is 19.3 Å². The van der Waals surface area contributed by atoms with E-state index in [9.17, 15) is 4.79 Å². The molecular weight excluding hydrogens is 228 g/mol. The summed E-state index contributed by atoms with van der Waals surface area (Å²) >= 11 is 0. The van der Waals surface area contributed by atoms with Crippen LogP contribution < -0.4 is 11.1 Å². The molecule has 0 aliphatic carbocycles. The van der Waals surface area contributed by atoms with Gasteiger partial charge in [0.05, 0.1) is 0 Å². The van der Waals surface area contributed by atoms with Crippen LogP contribution in [0, 0.1) is 0 Å². The van der Waals surface area contributed by atoms with Gasteiger partial charge in [0, 0.05) is 32.5 Å². The minimum absolute atomic E-state index is 0.0817. The minimum atomic E-state index is -0.0817. The number of amides is 1. The predicted molar refractivity (Wildman–Crippen MR) is 73.6 cm³/mol. The summed E-state index contributed by atoms with van der Waals surface area (Å²) in [6, 6.07) is 3.65. The van der Waals surface area contributed by atoms with Crippen LogP contribution in [0.4, 0.5) is 5.69 Å². The van der Waals surface area contributed by atoms with E-state index in [2.05, 4.69) is 10.3 Å². The highest BCUT2D eigenvalue weighted by Gasteiger charge is 2.09. The first-order valence-corrected chi connectivity index (χ1v) is 6.27. The van der Waals surface area contributed by atoms with E-state index in [1.54, 1.807) is 26.4 Å². The summed E-state index contributed by atoms with van der Waals surface area (Å²) in [6.07, 6.45) is 4.91. The van der Waals surface area contributed by atoms with Gasteiger partial charge in [0.1, 0.15) is 5.69 Å². The van der Waals surface area contributed by atoms with E-state index in [-0.39, 0.29) is 5.91 Å². The van der Waals surface area contributed by atoms with Crippen LogP contribution in [-0.2, 0) is 0 Å². The molecule has 0 radical (unpaired) electrons. The number of carbonyl (C=O) groups excluding carboxylic acids is 1.